The highest BCUT2D eigenvalue weighted by atomic mass is 32.1. The van der Waals surface area contributed by atoms with Gasteiger partial charge in [0, 0.05) is 10.6 Å². The van der Waals surface area contributed by atoms with Gasteiger partial charge in [0.05, 0.1) is 33.5 Å². The lowest BCUT2D eigenvalue weighted by molar-refractivity contribution is 0.692. The summed E-state index contributed by atoms with van der Waals surface area (Å²) in [5, 5.41) is 26.5. The van der Waals surface area contributed by atoms with Gasteiger partial charge < -0.3 is 0 Å². The summed E-state index contributed by atoms with van der Waals surface area (Å²) in [6, 6.07) is 37.2. The molecule has 0 atom stereocenters. The van der Waals surface area contributed by atoms with Crippen molar-refractivity contribution < 1.29 is 0 Å². The molecule has 228 valence electrons. The third kappa shape index (κ3) is 5.19. The van der Waals surface area contributed by atoms with Crippen molar-refractivity contribution in [2.75, 3.05) is 0 Å². The van der Waals surface area contributed by atoms with Crippen molar-refractivity contribution in [2.45, 2.75) is 25.7 Å². The summed E-state index contributed by atoms with van der Waals surface area (Å²) in [6.07, 6.45) is 8.70. The standard InChI is InChI=1S/C38H29N6PS2/c1-2-14-30(15-3-1)45-37(26-10-6-12-28(22-26)43-24-33(39-41-43)35-18-8-20-46-35)31-16-4-5-17-32(31)38(45)27-11-7-13-29(23-27)44-25-34(40-42-44)36-19-9-21-47-36/h1-3,6-15,18-25H,4-5,16-17H2. The monoisotopic (exact) mass is 664 g/mol. The Bertz CT molecular complexity index is 2170. The molecular formula is C38H29N6PS2. The molecule has 0 spiro atoms. The fourth-order valence-electron chi connectivity index (χ4n) is 6.70. The molecule has 5 aromatic heterocycles. The average Bonchev–Trinajstić information content (AvgIpc) is 3.97. The molecule has 6 nitrogen and oxygen atoms in total. The van der Waals surface area contributed by atoms with Gasteiger partial charge in [-0.05, 0) is 100 Å². The van der Waals surface area contributed by atoms with E-state index in [2.05, 4.69) is 135 Å². The lowest BCUT2D eigenvalue weighted by atomic mass is 9.89. The minimum absolute atomic E-state index is 0.809. The zero-order valence-corrected chi connectivity index (χ0v) is 27.9. The Morgan fingerprint density at radius 1 is 0.553 bits per heavy atom. The second kappa shape index (κ2) is 12.0. The van der Waals surface area contributed by atoms with Gasteiger partial charge in [-0.25, -0.2) is 9.36 Å². The highest BCUT2D eigenvalue weighted by Crippen LogP contribution is 2.62. The van der Waals surface area contributed by atoms with Crippen LogP contribution in [0.3, 0.4) is 0 Å². The summed E-state index contributed by atoms with van der Waals surface area (Å²) in [5.41, 5.74) is 9.43. The normalized spacial score (nSPS) is 12.8. The van der Waals surface area contributed by atoms with Crippen LogP contribution in [-0.2, 0) is 12.8 Å². The van der Waals surface area contributed by atoms with Crippen LogP contribution < -0.4 is 0 Å². The summed E-state index contributed by atoms with van der Waals surface area (Å²) in [4.78, 5) is 2.24. The number of hydrogen-bond donors (Lipinski definition) is 0. The second-order valence-corrected chi connectivity index (χ2v) is 15.7. The van der Waals surface area contributed by atoms with Crippen LogP contribution in [0.5, 0.6) is 0 Å². The molecule has 1 aliphatic rings. The minimum Gasteiger partial charge on any atom is -0.220 e. The molecule has 1 aliphatic carbocycles. The van der Waals surface area contributed by atoms with Crippen LogP contribution in [0, 0.1) is 0 Å². The van der Waals surface area contributed by atoms with Crippen molar-refractivity contribution in [3.05, 3.63) is 137 Å². The number of aromatic nitrogens is 6. The van der Waals surface area contributed by atoms with Crippen LogP contribution >= 0.6 is 30.2 Å². The Kier molecular flexibility index (Phi) is 7.27. The molecule has 9 heteroatoms. The molecule has 0 saturated heterocycles. The predicted molar refractivity (Wildman–Crippen MR) is 194 cm³/mol. The molecule has 8 aromatic rings. The molecule has 0 bridgehead atoms. The molecule has 5 heterocycles. The van der Waals surface area contributed by atoms with E-state index >= 15 is 0 Å². The first kappa shape index (κ1) is 28.4. The maximum Gasteiger partial charge on any atom is 0.123 e. The Morgan fingerprint density at radius 3 is 1.57 bits per heavy atom. The predicted octanol–water partition coefficient (Wildman–Crippen LogP) is 10.5. The lowest BCUT2D eigenvalue weighted by Gasteiger charge is -2.15. The highest BCUT2D eigenvalue weighted by molar-refractivity contribution is 7.63. The zero-order valence-electron chi connectivity index (χ0n) is 25.4. The molecule has 3 aromatic carbocycles. The fourth-order valence-corrected chi connectivity index (χ4v) is 11.1. The molecule has 0 N–H and O–H groups in total. The zero-order chi connectivity index (χ0) is 31.2. The number of hydrogen-bond acceptors (Lipinski definition) is 6. The van der Waals surface area contributed by atoms with E-state index < -0.39 is 7.53 Å². The Morgan fingerprint density at radius 2 is 1.09 bits per heavy atom. The van der Waals surface area contributed by atoms with Gasteiger partial charge in [0.1, 0.15) is 11.4 Å². The smallest absolute Gasteiger partial charge is 0.123 e. The van der Waals surface area contributed by atoms with Gasteiger partial charge in [-0.1, -0.05) is 84.7 Å². The van der Waals surface area contributed by atoms with Crippen molar-refractivity contribution in [3.63, 3.8) is 0 Å². The summed E-state index contributed by atoms with van der Waals surface area (Å²) in [5.74, 6) is 0. The summed E-state index contributed by atoms with van der Waals surface area (Å²) in [6.45, 7) is 0. The van der Waals surface area contributed by atoms with E-state index in [0.29, 0.717) is 0 Å². The molecule has 0 fully saturated rings. The van der Waals surface area contributed by atoms with E-state index in [1.165, 1.54) is 51.0 Å². The van der Waals surface area contributed by atoms with Crippen molar-refractivity contribution >= 4 is 30.2 Å². The van der Waals surface area contributed by atoms with Crippen molar-refractivity contribution in [1.29, 1.82) is 0 Å². The van der Waals surface area contributed by atoms with E-state index in [1.807, 2.05) is 21.8 Å². The highest BCUT2D eigenvalue weighted by Gasteiger charge is 2.28. The number of benzene rings is 3. The quantitative estimate of drug-likeness (QED) is 0.170. The third-order valence-electron chi connectivity index (χ3n) is 8.80. The Hall–Kier alpha value is -4.88. The SMILES string of the molecule is c1ccc(-p2c(-c3cccc(-n4cc(-c5cccs5)nn4)c3)c3c(c2-c2cccc(-n4cc(-c5cccs5)nn4)c2)CCCC3)cc1. The Balaban J connectivity index is 1.21. The molecular weight excluding hydrogens is 636 g/mol. The van der Waals surface area contributed by atoms with Crippen molar-refractivity contribution in [1.82, 2.24) is 30.0 Å². The van der Waals surface area contributed by atoms with E-state index in [0.717, 1.165) is 45.4 Å². The second-order valence-electron chi connectivity index (χ2n) is 11.7. The van der Waals surface area contributed by atoms with Gasteiger partial charge in [-0.3, -0.25) is 0 Å². The van der Waals surface area contributed by atoms with Gasteiger partial charge in [0.15, 0.2) is 0 Å². The molecule has 0 unspecified atom stereocenters. The maximum atomic E-state index is 4.53. The number of fused-ring (bicyclic) bond motifs is 1. The van der Waals surface area contributed by atoms with E-state index in [1.54, 1.807) is 22.7 Å². The van der Waals surface area contributed by atoms with Gasteiger partial charge in [-0.15, -0.1) is 32.9 Å². The minimum atomic E-state index is -0.809. The molecule has 9 rings (SSSR count). The first-order valence-corrected chi connectivity index (χ1v) is 18.9. The largest absolute Gasteiger partial charge is 0.220 e. The first-order chi connectivity index (χ1) is 23.3. The van der Waals surface area contributed by atoms with Crippen LogP contribution in [-0.4, -0.2) is 30.0 Å². The van der Waals surface area contributed by atoms with Crippen LogP contribution in [0.2, 0.25) is 0 Å². The van der Waals surface area contributed by atoms with Gasteiger partial charge >= 0.3 is 0 Å². The van der Waals surface area contributed by atoms with Crippen LogP contribution in [0.25, 0.3) is 59.5 Å². The molecule has 0 saturated carbocycles. The van der Waals surface area contributed by atoms with Crippen LogP contribution in [0.4, 0.5) is 0 Å². The van der Waals surface area contributed by atoms with Crippen LogP contribution in [0.1, 0.15) is 24.0 Å². The summed E-state index contributed by atoms with van der Waals surface area (Å²) in [7, 11) is -0.809. The fraction of sp³-hybridized carbons (Fsp3) is 0.105. The van der Waals surface area contributed by atoms with E-state index in [-0.39, 0.29) is 0 Å². The van der Waals surface area contributed by atoms with Gasteiger partial charge in [0.25, 0.3) is 0 Å². The maximum absolute atomic E-state index is 4.53. The van der Waals surface area contributed by atoms with E-state index in [9.17, 15) is 0 Å². The lowest BCUT2D eigenvalue weighted by Crippen LogP contribution is -2.02. The Labute approximate surface area is 281 Å². The molecule has 0 radical (unpaired) electrons. The summed E-state index contributed by atoms with van der Waals surface area (Å²) < 4.78 is 3.82. The summed E-state index contributed by atoms with van der Waals surface area (Å²) >= 11 is 3.36. The average molecular weight is 665 g/mol. The number of nitrogens with zero attached hydrogens (tertiary/aromatic N) is 6. The van der Waals surface area contributed by atoms with Gasteiger partial charge in [-0.2, -0.15) is 0 Å². The van der Waals surface area contributed by atoms with Gasteiger partial charge in [0.2, 0.25) is 0 Å². The third-order valence-corrected chi connectivity index (χ3v) is 13.4. The van der Waals surface area contributed by atoms with Crippen molar-refractivity contribution in [3.8, 4) is 59.5 Å². The number of thiophene rings is 2. The molecule has 0 amide bonds. The van der Waals surface area contributed by atoms with E-state index in [4.69, 9.17) is 0 Å². The first-order valence-electron chi connectivity index (χ1n) is 15.8. The topological polar surface area (TPSA) is 61.4 Å². The number of rotatable bonds is 7. The van der Waals surface area contributed by atoms with Crippen molar-refractivity contribution in [2.24, 2.45) is 0 Å². The molecule has 0 aliphatic heterocycles. The molecule has 47 heavy (non-hydrogen) atoms. The van der Waals surface area contributed by atoms with Crippen LogP contribution in [0.15, 0.2) is 126 Å².